The summed E-state index contributed by atoms with van der Waals surface area (Å²) >= 11 is 1.34. The molecule has 0 bridgehead atoms. The number of hydrogen-bond acceptors (Lipinski definition) is 3. The molecule has 0 aliphatic carbocycles. The Morgan fingerprint density at radius 2 is 2.15 bits per heavy atom. The van der Waals surface area contributed by atoms with Gasteiger partial charge in [-0.05, 0) is 11.8 Å². The van der Waals surface area contributed by atoms with Gasteiger partial charge in [-0.25, -0.2) is 4.39 Å². The van der Waals surface area contributed by atoms with Crippen LogP contribution in [0.2, 0.25) is 0 Å². The van der Waals surface area contributed by atoms with E-state index in [9.17, 15) is 4.39 Å². The number of halogens is 1. The lowest BCUT2D eigenvalue weighted by Crippen LogP contribution is -2.32. The van der Waals surface area contributed by atoms with Crippen LogP contribution in [0.5, 0.6) is 0 Å². The van der Waals surface area contributed by atoms with E-state index >= 15 is 0 Å². The molecular formula is C8H10BFO2S. The topological polar surface area (TPSA) is 40.5 Å². The predicted octanol–water partition coefficient (Wildman–Crippen LogP) is 0.617. The molecule has 1 aromatic carbocycles. The fourth-order valence-corrected chi connectivity index (χ4v) is 1.72. The Labute approximate surface area is 80.9 Å². The second-order valence-electron chi connectivity index (χ2n) is 2.47. The predicted molar refractivity (Wildman–Crippen MR) is 52.6 cm³/mol. The molecule has 0 fully saturated rings. The smallest absolute Gasteiger partial charge is 0.423 e. The Morgan fingerprint density at radius 3 is 2.69 bits per heavy atom. The molecule has 0 aliphatic rings. The maximum Gasteiger partial charge on any atom is 0.491 e. The fraction of sp³-hybridized carbons (Fsp3) is 0.250. The van der Waals surface area contributed by atoms with Gasteiger partial charge in [-0.2, -0.15) is 0 Å². The van der Waals surface area contributed by atoms with E-state index in [1.165, 1.54) is 17.8 Å². The zero-order valence-electron chi connectivity index (χ0n) is 7.20. The lowest BCUT2D eigenvalue weighted by Gasteiger charge is -2.05. The van der Waals surface area contributed by atoms with Crippen LogP contribution in [0.25, 0.3) is 0 Å². The fourth-order valence-electron chi connectivity index (χ4n) is 0.994. The van der Waals surface area contributed by atoms with E-state index in [4.69, 9.17) is 10.0 Å². The average molecular weight is 200 g/mol. The van der Waals surface area contributed by atoms with Crippen LogP contribution in [0.3, 0.4) is 0 Å². The van der Waals surface area contributed by atoms with Crippen molar-refractivity contribution < 1.29 is 14.4 Å². The van der Waals surface area contributed by atoms with Crippen molar-refractivity contribution in [3.63, 3.8) is 0 Å². The van der Waals surface area contributed by atoms with Gasteiger partial charge in [-0.3, -0.25) is 0 Å². The summed E-state index contributed by atoms with van der Waals surface area (Å²) in [5.74, 6) is 0.214. The summed E-state index contributed by atoms with van der Waals surface area (Å²) in [6, 6.07) is 4.59. The van der Waals surface area contributed by atoms with Crippen molar-refractivity contribution in [2.75, 3.05) is 5.75 Å². The van der Waals surface area contributed by atoms with Crippen LogP contribution < -0.4 is 5.46 Å². The van der Waals surface area contributed by atoms with Gasteiger partial charge < -0.3 is 10.0 Å². The summed E-state index contributed by atoms with van der Waals surface area (Å²) in [4.78, 5) is 0.452. The van der Waals surface area contributed by atoms with Crippen molar-refractivity contribution in [3.05, 3.63) is 24.0 Å². The van der Waals surface area contributed by atoms with E-state index in [1.807, 2.05) is 6.92 Å². The first-order valence-corrected chi connectivity index (χ1v) is 4.92. The first kappa shape index (κ1) is 10.6. The molecular weight excluding hydrogens is 190 g/mol. The first-order chi connectivity index (χ1) is 6.16. The van der Waals surface area contributed by atoms with Crippen molar-refractivity contribution in [1.29, 1.82) is 0 Å². The van der Waals surface area contributed by atoms with Gasteiger partial charge in [0.15, 0.2) is 0 Å². The molecule has 0 unspecified atom stereocenters. The normalized spacial score (nSPS) is 10.2. The van der Waals surface area contributed by atoms with Gasteiger partial charge >= 0.3 is 7.12 Å². The van der Waals surface area contributed by atoms with Crippen molar-refractivity contribution >= 4 is 24.3 Å². The second-order valence-corrected chi connectivity index (χ2v) is 3.77. The molecule has 0 aliphatic heterocycles. The Balaban J connectivity index is 3.03. The van der Waals surface area contributed by atoms with E-state index in [1.54, 1.807) is 12.1 Å². The van der Waals surface area contributed by atoms with Crippen molar-refractivity contribution in [3.8, 4) is 0 Å². The Kier molecular flexibility index (Phi) is 3.78. The van der Waals surface area contributed by atoms with Crippen molar-refractivity contribution in [1.82, 2.24) is 0 Å². The molecule has 0 amide bonds. The van der Waals surface area contributed by atoms with Gasteiger partial charge in [-0.15, -0.1) is 11.8 Å². The lowest BCUT2D eigenvalue weighted by molar-refractivity contribution is 0.422. The lowest BCUT2D eigenvalue weighted by atomic mass is 9.80. The highest BCUT2D eigenvalue weighted by molar-refractivity contribution is 7.99. The summed E-state index contributed by atoms with van der Waals surface area (Å²) < 4.78 is 13.4. The Hall–Kier alpha value is -0.515. The highest BCUT2D eigenvalue weighted by Gasteiger charge is 2.18. The molecule has 1 rings (SSSR count). The van der Waals surface area contributed by atoms with Crippen molar-refractivity contribution in [2.45, 2.75) is 11.8 Å². The van der Waals surface area contributed by atoms with E-state index in [0.717, 1.165) is 5.75 Å². The first-order valence-electron chi connectivity index (χ1n) is 3.94. The molecule has 0 heterocycles. The summed E-state index contributed by atoms with van der Waals surface area (Å²) in [6.07, 6.45) is 0. The van der Waals surface area contributed by atoms with E-state index in [-0.39, 0.29) is 5.46 Å². The molecule has 70 valence electrons. The van der Waals surface area contributed by atoms with Gasteiger partial charge in [0.1, 0.15) is 5.82 Å². The maximum absolute atomic E-state index is 13.4. The third-order valence-electron chi connectivity index (χ3n) is 1.57. The SMILES string of the molecule is CCSc1cccc(B(O)O)c1F. The average Bonchev–Trinajstić information content (AvgIpc) is 2.08. The highest BCUT2D eigenvalue weighted by Crippen LogP contribution is 2.19. The zero-order chi connectivity index (χ0) is 9.84. The van der Waals surface area contributed by atoms with Gasteiger partial charge in [0.25, 0.3) is 0 Å². The molecule has 1 aromatic rings. The number of benzene rings is 1. The molecule has 0 saturated heterocycles. The second kappa shape index (κ2) is 4.65. The monoisotopic (exact) mass is 200 g/mol. The standard InChI is InChI=1S/C8H10BFO2S/c1-2-13-7-5-3-4-6(8(7)10)9(11)12/h3-5,11-12H,2H2,1H3. The number of hydrogen-bond donors (Lipinski definition) is 2. The minimum Gasteiger partial charge on any atom is -0.423 e. The summed E-state index contributed by atoms with van der Waals surface area (Å²) in [5, 5.41) is 17.6. The maximum atomic E-state index is 13.4. The molecule has 0 radical (unpaired) electrons. The number of thioether (sulfide) groups is 1. The summed E-state index contributed by atoms with van der Waals surface area (Å²) in [6.45, 7) is 1.91. The molecule has 13 heavy (non-hydrogen) atoms. The van der Waals surface area contributed by atoms with Gasteiger partial charge in [0, 0.05) is 10.4 Å². The van der Waals surface area contributed by atoms with Crippen LogP contribution in [0, 0.1) is 5.82 Å². The number of rotatable bonds is 3. The Bertz CT molecular complexity index is 293. The van der Waals surface area contributed by atoms with Crippen LogP contribution in [-0.4, -0.2) is 22.9 Å². The van der Waals surface area contributed by atoms with Gasteiger partial charge in [-0.1, -0.05) is 19.1 Å². The van der Waals surface area contributed by atoms with Gasteiger partial charge in [0.05, 0.1) is 0 Å². The largest absolute Gasteiger partial charge is 0.491 e. The summed E-state index contributed by atoms with van der Waals surface area (Å²) in [5.41, 5.74) is -0.0709. The van der Waals surface area contributed by atoms with Crippen LogP contribution in [0.4, 0.5) is 4.39 Å². The van der Waals surface area contributed by atoms with Crippen LogP contribution >= 0.6 is 11.8 Å². The van der Waals surface area contributed by atoms with E-state index < -0.39 is 12.9 Å². The highest BCUT2D eigenvalue weighted by atomic mass is 32.2. The molecule has 0 aromatic heterocycles. The van der Waals surface area contributed by atoms with Crippen molar-refractivity contribution in [2.24, 2.45) is 0 Å². The quantitative estimate of drug-likeness (QED) is 0.555. The van der Waals surface area contributed by atoms with E-state index in [2.05, 4.69) is 0 Å². The minimum atomic E-state index is -1.74. The molecule has 0 saturated carbocycles. The van der Waals surface area contributed by atoms with Crippen LogP contribution in [0.15, 0.2) is 23.1 Å². The van der Waals surface area contributed by atoms with Gasteiger partial charge in [0.2, 0.25) is 0 Å². The molecule has 5 heteroatoms. The third kappa shape index (κ3) is 2.46. The zero-order valence-corrected chi connectivity index (χ0v) is 8.01. The minimum absolute atomic E-state index is 0.0709. The van der Waals surface area contributed by atoms with E-state index in [0.29, 0.717) is 4.90 Å². The van der Waals surface area contributed by atoms with Crippen LogP contribution in [-0.2, 0) is 0 Å². The third-order valence-corrected chi connectivity index (χ3v) is 2.49. The Morgan fingerprint density at radius 1 is 1.46 bits per heavy atom. The molecule has 0 spiro atoms. The molecule has 2 nitrogen and oxygen atoms in total. The molecule has 2 N–H and O–H groups in total. The summed E-state index contributed by atoms with van der Waals surface area (Å²) in [7, 11) is -1.74. The molecule has 0 atom stereocenters. The van der Waals surface area contributed by atoms with Crippen LogP contribution in [0.1, 0.15) is 6.92 Å².